The fourth-order valence-corrected chi connectivity index (χ4v) is 2.15. The van der Waals surface area contributed by atoms with Crippen molar-refractivity contribution in [3.8, 4) is 0 Å². The van der Waals surface area contributed by atoms with E-state index in [-0.39, 0.29) is 11.9 Å². The van der Waals surface area contributed by atoms with Gasteiger partial charge in [-0.25, -0.2) is 4.98 Å². The highest BCUT2D eigenvalue weighted by molar-refractivity contribution is 5.93. The van der Waals surface area contributed by atoms with Crippen molar-refractivity contribution in [3.05, 3.63) is 60.3 Å². The molecule has 0 bridgehead atoms. The SMILES string of the molecule is CC(Cc1ccco1)NC(=O)c1cnc2ccccc2n1. The molecule has 21 heavy (non-hydrogen) atoms. The molecule has 1 amide bonds. The summed E-state index contributed by atoms with van der Waals surface area (Å²) in [6.45, 7) is 1.93. The van der Waals surface area contributed by atoms with Gasteiger partial charge in [0.15, 0.2) is 0 Å². The molecule has 5 nitrogen and oxygen atoms in total. The number of nitrogens with one attached hydrogen (secondary N) is 1. The van der Waals surface area contributed by atoms with Gasteiger partial charge in [0.1, 0.15) is 11.5 Å². The van der Waals surface area contributed by atoms with Crippen LogP contribution in [0.4, 0.5) is 0 Å². The first kappa shape index (κ1) is 13.3. The third kappa shape index (κ3) is 3.08. The minimum absolute atomic E-state index is 0.0445. The Labute approximate surface area is 122 Å². The van der Waals surface area contributed by atoms with Gasteiger partial charge in [-0.2, -0.15) is 0 Å². The minimum atomic E-state index is -0.229. The summed E-state index contributed by atoms with van der Waals surface area (Å²) in [7, 11) is 0. The van der Waals surface area contributed by atoms with Gasteiger partial charge in [-0.05, 0) is 31.2 Å². The second kappa shape index (κ2) is 5.75. The van der Waals surface area contributed by atoms with Gasteiger partial charge in [0.2, 0.25) is 0 Å². The number of amides is 1. The average molecular weight is 281 g/mol. The predicted molar refractivity (Wildman–Crippen MR) is 78.9 cm³/mol. The number of hydrogen-bond acceptors (Lipinski definition) is 4. The molecule has 2 aromatic heterocycles. The summed E-state index contributed by atoms with van der Waals surface area (Å²) in [6.07, 6.45) is 3.76. The molecule has 1 atom stereocenters. The maximum atomic E-state index is 12.2. The molecule has 2 heterocycles. The van der Waals surface area contributed by atoms with E-state index in [0.717, 1.165) is 11.3 Å². The van der Waals surface area contributed by atoms with Crippen molar-refractivity contribution >= 4 is 16.9 Å². The van der Waals surface area contributed by atoms with Gasteiger partial charge in [-0.15, -0.1) is 0 Å². The van der Waals surface area contributed by atoms with E-state index in [4.69, 9.17) is 4.42 Å². The lowest BCUT2D eigenvalue weighted by molar-refractivity contribution is 0.0934. The number of benzene rings is 1. The number of aromatic nitrogens is 2. The molecule has 0 aliphatic heterocycles. The number of hydrogen-bond donors (Lipinski definition) is 1. The van der Waals surface area contributed by atoms with Crippen LogP contribution in [0.25, 0.3) is 11.0 Å². The van der Waals surface area contributed by atoms with Crippen LogP contribution in [0.15, 0.2) is 53.3 Å². The van der Waals surface area contributed by atoms with Crippen LogP contribution in [-0.4, -0.2) is 21.9 Å². The lowest BCUT2D eigenvalue weighted by atomic mass is 10.2. The standard InChI is InChI=1S/C16H15N3O2/c1-11(9-12-5-4-8-21-12)18-16(20)15-10-17-13-6-2-3-7-14(13)19-15/h2-8,10-11H,9H2,1H3,(H,18,20). The molecule has 1 N–H and O–H groups in total. The Morgan fingerprint density at radius 3 is 2.81 bits per heavy atom. The number of carbonyl (C=O) groups is 1. The van der Waals surface area contributed by atoms with Crippen LogP contribution in [0.2, 0.25) is 0 Å². The van der Waals surface area contributed by atoms with E-state index < -0.39 is 0 Å². The molecular weight excluding hydrogens is 266 g/mol. The highest BCUT2D eigenvalue weighted by Crippen LogP contribution is 2.09. The van der Waals surface area contributed by atoms with Crippen LogP contribution < -0.4 is 5.32 Å². The van der Waals surface area contributed by atoms with Crippen LogP contribution >= 0.6 is 0 Å². The Morgan fingerprint density at radius 1 is 1.24 bits per heavy atom. The monoisotopic (exact) mass is 281 g/mol. The highest BCUT2D eigenvalue weighted by Gasteiger charge is 2.13. The Balaban J connectivity index is 1.71. The third-order valence-electron chi connectivity index (χ3n) is 3.15. The van der Waals surface area contributed by atoms with Crippen molar-refractivity contribution in [1.82, 2.24) is 15.3 Å². The predicted octanol–water partition coefficient (Wildman–Crippen LogP) is 2.58. The summed E-state index contributed by atoms with van der Waals surface area (Å²) in [4.78, 5) is 20.8. The van der Waals surface area contributed by atoms with E-state index in [2.05, 4.69) is 15.3 Å². The van der Waals surface area contributed by atoms with Gasteiger partial charge in [-0.1, -0.05) is 12.1 Å². The molecule has 106 valence electrons. The zero-order chi connectivity index (χ0) is 14.7. The summed E-state index contributed by atoms with van der Waals surface area (Å²) in [6, 6.07) is 11.1. The summed E-state index contributed by atoms with van der Waals surface area (Å²) in [5.74, 6) is 0.611. The number of carbonyl (C=O) groups excluding carboxylic acids is 1. The number of furan rings is 1. The average Bonchev–Trinajstić information content (AvgIpc) is 2.99. The van der Waals surface area contributed by atoms with Crippen molar-refractivity contribution < 1.29 is 9.21 Å². The summed E-state index contributed by atoms with van der Waals surface area (Å²) in [5.41, 5.74) is 1.81. The van der Waals surface area contributed by atoms with E-state index in [1.165, 1.54) is 6.20 Å². The molecule has 0 aliphatic rings. The first-order valence-corrected chi connectivity index (χ1v) is 6.77. The number of fused-ring (bicyclic) bond motifs is 1. The smallest absolute Gasteiger partial charge is 0.271 e. The van der Waals surface area contributed by atoms with Gasteiger partial charge in [0, 0.05) is 12.5 Å². The molecule has 0 saturated heterocycles. The van der Waals surface area contributed by atoms with E-state index in [0.29, 0.717) is 17.6 Å². The number of rotatable bonds is 4. The topological polar surface area (TPSA) is 68.0 Å². The van der Waals surface area contributed by atoms with Crippen LogP contribution in [-0.2, 0) is 6.42 Å². The zero-order valence-corrected chi connectivity index (χ0v) is 11.6. The van der Waals surface area contributed by atoms with Gasteiger partial charge >= 0.3 is 0 Å². The molecule has 3 aromatic rings. The molecule has 3 rings (SSSR count). The second-order valence-electron chi connectivity index (χ2n) is 4.90. The van der Waals surface area contributed by atoms with E-state index in [1.807, 2.05) is 43.3 Å². The first-order valence-electron chi connectivity index (χ1n) is 6.77. The van der Waals surface area contributed by atoms with Gasteiger partial charge in [-0.3, -0.25) is 9.78 Å². The Hall–Kier alpha value is -2.69. The van der Waals surface area contributed by atoms with Crippen molar-refractivity contribution in [2.24, 2.45) is 0 Å². The largest absolute Gasteiger partial charge is 0.469 e. The van der Waals surface area contributed by atoms with E-state index in [1.54, 1.807) is 6.26 Å². The van der Waals surface area contributed by atoms with Crippen molar-refractivity contribution in [3.63, 3.8) is 0 Å². The van der Waals surface area contributed by atoms with Gasteiger partial charge < -0.3 is 9.73 Å². The lowest BCUT2D eigenvalue weighted by Gasteiger charge is -2.12. The van der Waals surface area contributed by atoms with Crippen molar-refractivity contribution in [2.45, 2.75) is 19.4 Å². The highest BCUT2D eigenvalue weighted by atomic mass is 16.3. The summed E-state index contributed by atoms with van der Waals surface area (Å²) < 4.78 is 5.27. The third-order valence-corrected chi connectivity index (χ3v) is 3.15. The molecule has 5 heteroatoms. The summed E-state index contributed by atoms with van der Waals surface area (Å²) >= 11 is 0. The molecule has 0 radical (unpaired) electrons. The number of nitrogens with zero attached hydrogens (tertiary/aromatic N) is 2. The fraction of sp³-hybridized carbons (Fsp3) is 0.188. The molecule has 1 unspecified atom stereocenters. The van der Waals surface area contributed by atoms with Crippen molar-refractivity contribution in [2.75, 3.05) is 0 Å². The quantitative estimate of drug-likeness (QED) is 0.798. The Kier molecular flexibility index (Phi) is 3.64. The van der Waals surface area contributed by atoms with E-state index >= 15 is 0 Å². The molecule has 0 spiro atoms. The summed E-state index contributed by atoms with van der Waals surface area (Å²) in [5, 5.41) is 2.90. The lowest BCUT2D eigenvalue weighted by Crippen LogP contribution is -2.34. The number of para-hydroxylation sites is 2. The molecule has 1 aromatic carbocycles. The maximum absolute atomic E-state index is 12.2. The van der Waals surface area contributed by atoms with Crippen LogP contribution in [0, 0.1) is 0 Å². The first-order chi connectivity index (χ1) is 10.2. The van der Waals surface area contributed by atoms with E-state index in [9.17, 15) is 4.79 Å². The fourth-order valence-electron chi connectivity index (χ4n) is 2.15. The zero-order valence-electron chi connectivity index (χ0n) is 11.6. The Morgan fingerprint density at radius 2 is 2.05 bits per heavy atom. The minimum Gasteiger partial charge on any atom is -0.469 e. The normalized spacial score (nSPS) is 12.2. The van der Waals surface area contributed by atoms with Gasteiger partial charge in [0.05, 0.1) is 23.5 Å². The molecule has 0 aliphatic carbocycles. The van der Waals surface area contributed by atoms with Crippen LogP contribution in [0.3, 0.4) is 0 Å². The Bertz CT molecular complexity index is 753. The van der Waals surface area contributed by atoms with Gasteiger partial charge in [0.25, 0.3) is 5.91 Å². The van der Waals surface area contributed by atoms with Crippen LogP contribution in [0.1, 0.15) is 23.2 Å². The van der Waals surface area contributed by atoms with Crippen LogP contribution in [0.5, 0.6) is 0 Å². The van der Waals surface area contributed by atoms with Crippen molar-refractivity contribution in [1.29, 1.82) is 0 Å². The molecule has 0 saturated carbocycles. The second-order valence-corrected chi connectivity index (χ2v) is 4.90. The molecule has 0 fully saturated rings. The maximum Gasteiger partial charge on any atom is 0.271 e. The molecular formula is C16H15N3O2.